The van der Waals surface area contributed by atoms with Crippen LogP contribution in [0.5, 0.6) is 0 Å². The number of carbonyl (C=O) groups is 4. The smallest absolute Gasteiger partial charge is 0.156 e. The Labute approximate surface area is 170 Å². The van der Waals surface area contributed by atoms with E-state index < -0.39 is 5.92 Å². The van der Waals surface area contributed by atoms with Gasteiger partial charge in [-0.3, -0.25) is 19.2 Å². The van der Waals surface area contributed by atoms with Crippen LogP contribution in [0, 0.1) is 17.8 Å². The molecule has 0 N–H and O–H groups in total. The summed E-state index contributed by atoms with van der Waals surface area (Å²) in [7, 11) is 0. The van der Waals surface area contributed by atoms with Crippen LogP contribution in [0.25, 0.3) is 0 Å². The molecule has 0 aliphatic heterocycles. The highest BCUT2D eigenvalue weighted by Gasteiger charge is 2.23. The van der Waals surface area contributed by atoms with Crippen LogP contribution < -0.4 is 0 Å². The van der Waals surface area contributed by atoms with E-state index >= 15 is 0 Å². The molecule has 0 heterocycles. The highest BCUT2D eigenvalue weighted by atomic mass is 16.1. The van der Waals surface area contributed by atoms with Gasteiger partial charge >= 0.3 is 0 Å². The van der Waals surface area contributed by atoms with Crippen molar-refractivity contribution in [2.75, 3.05) is 0 Å². The zero-order valence-electron chi connectivity index (χ0n) is 18.4. The van der Waals surface area contributed by atoms with Gasteiger partial charge in [-0.2, -0.15) is 0 Å². The average molecular weight is 391 g/mol. The van der Waals surface area contributed by atoms with Crippen molar-refractivity contribution >= 4 is 23.1 Å². The Morgan fingerprint density at radius 2 is 1.43 bits per heavy atom. The van der Waals surface area contributed by atoms with Crippen LogP contribution in [0.2, 0.25) is 0 Å². The van der Waals surface area contributed by atoms with Crippen LogP contribution >= 0.6 is 0 Å². The fourth-order valence-electron chi connectivity index (χ4n) is 3.09. The predicted octanol–water partition coefficient (Wildman–Crippen LogP) is 5.44. The summed E-state index contributed by atoms with van der Waals surface area (Å²) in [6.45, 7) is 13.0. The molecule has 0 unspecified atom stereocenters. The summed E-state index contributed by atoms with van der Waals surface area (Å²) < 4.78 is 0. The first-order chi connectivity index (χ1) is 13.1. The van der Waals surface area contributed by atoms with Crippen molar-refractivity contribution in [2.24, 2.45) is 17.8 Å². The number of allylic oxidation sites excluding steroid dienone is 3. The van der Waals surface area contributed by atoms with Crippen LogP contribution in [-0.2, 0) is 19.2 Å². The molecule has 0 radical (unpaired) electrons. The van der Waals surface area contributed by atoms with E-state index in [1.807, 2.05) is 19.9 Å². The molecule has 0 aromatic rings. The summed E-state index contributed by atoms with van der Waals surface area (Å²) in [6.07, 6.45) is 7.55. The topological polar surface area (TPSA) is 68.3 Å². The largest absolute Gasteiger partial charge is 0.300 e. The van der Waals surface area contributed by atoms with Gasteiger partial charge in [-0.25, -0.2) is 0 Å². The monoisotopic (exact) mass is 390 g/mol. The van der Waals surface area contributed by atoms with Crippen LogP contribution in [0.4, 0.5) is 0 Å². The van der Waals surface area contributed by atoms with Crippen molar-refractivity contribution in [1.29, 1.82) is 0 Å². The van der Waals surface area contributed by atoms with Crippen LogP contribution in [0.1, 0.15) is 86.0 Å². The van der Waals surface area contributed by atoms with Crippen molar-refractivity contribution in [3.63, 3.8) is 0 Å². The van der Waals surface area contributed by atoms with E-state index in [-0.39, 0.29) is 54.7 Å². The molecule has 0 saturated carbocycles. The van der Waals surface area contributed by atoms with E-state index in [2.05, 4.69) is 13.5 Å². The maximum Gasteiger partial charge on any atom is 0.156 e. The number of hydrogen-bond donors (Lipinski definition) is 0. The van der Waals surface area contributed by atoms with Crippen molar-refractivity contribution in [2.45, 2.75) is 86.0 Å². The first kappa shape index (κ1) is 26.2. The Kier molecular flexibility index (Phi) is 13.3. The fraction of sp³-hybridized carbons (Fsp3) is 0.667. The van der Waals surface area contributed by atoms with E-state index in [9.17, 15) is 19.2 Å². The summed E-state index contributed by atoms with van der Waals surface area (Å²) in [5.74, 6) is -0.491. The maximum atomic E-state index is 12.4. The molecule has 0 saturated heterocycles. The summed E-state index contributed by atoms with van der Waals surface area (Å²) in [6, 6.07) is 0. The van der Waals surface area contributed by atoms with Gasteiger partial charge in [-0.1, -0.05) is 32.4 Å². The van der Waals surface area contributed by atoms with Crippen molar-refractivity contribution in [3.05, 3.63) is 24.3 Å². The molecular weight excluding hydrogens is 352 g/mol. The maximum absolute atomic E-state index is 12.4. The minimum Gasteiger partial charge on any atom is -0.300 e. The molecule has 4 nitrogen and oxygen atoms in total. The van der Waals surface area contributed by atoms with Gasteiger partial charge in [-0.15, -0.1) is 6.58 Å². The number of rotatable bonds is 16. The molecule has 4 heteroatoms. The molecule has 0 amide bonds. The van der Waals surface area contributed by atoms with Gasteiger partial charge in [0.15, 0.2) is 5.78 Å². The SMILES string of the molecule is C=CCCC[C@@H](C)CC(=O)[C@H](C)CC(=O)[C@H](C)CC(=O)CCC(=O)C=C(C)C. The number of unbranched alkanes of at least 4 members (excludes halogenated alkanes) is 1. The van der Waals surface area contributed by atoms with Crippen LogP contribution in [0.3, 0.4) is 0 Å². The molecule has 158 valence electrons. The molecule has 0 fully saturated rings. The lowest BCUT2D eigenvalue weighted by Crippen LogP contribution is -2.22. The molecule has 0 aliphatic carbocycles. The second kappa shape index (κ2) is 14.2. The molecule has 0 spiro atoms. The molecule has 0 rings (SSSR count). The lowest BCUT2D eigenvalue weighted by Gasteiger charge is -2.16. The Morgan fingerprint density at radius 3 is 2.00 bits per heavy atom. The van der Waals surface area contributed by atoms with E-state index in [4.69, 9.17) is 0 Å². The zero-order valence-corrected chi connectivity index (χ0v) is 18.4. The van der Waals surface area contributed by atoms with E-state index in [0.29, 0.717) is 12.3 Å². The van der Waals surface area contributed by atoms with Crippen LogP contribution in [-0.4, -0.2) is 23.1 Å². The van der Waals surface area contributed by atoms with Gasteiger partial charge in [0.05, 0.1) is 0 Å². The minimum atomic E-state index is -0.411. The Morgan fingerprint density at radius 1 is 0.857 bits per heavy atom. The summed E-state index contributed by atoms with van der Waals surface area (Å²) in [5.41, 5.74) is 0.912. The van der Waals surface area contributed by atoms with Gasteiger partial charge in [0.25, 0.3) is 0 Å². The quantitative estimate of drug-likeness (QED) is 0.200. The Hall–Kier alpha value is -1.84. The zero-order chi connectivity index (χ0) is 21.7. The average Bonchev–Trinajstić information content (AvgIpc) is 2.59. The standard InChI is InChI=1S/C24H38O4/c1-7-8-9-10-18(4)14-23(27)20(6)16-24(28)19(5)15-22(26)12-11-21(25)13-17(2)3/h7,13,18-20H,1,8-12,14-16H2,2-6H3/t18-,19-,20-/m1/s1. The number of carbonyl (C=O) groups excluding carboxylic acids is 4. The lowest BCUT2D eigenvalue weighted by atomic mass is 9.87. The third-order valence-corrected chi connectivity index (χ3v) is 4.90. The first-order valence-corrected chi connectivity index (χ1v) is 10.4. The number of ketones is 4. The molecule has 0 bridgehead atoms. The Balaban J connectivity index is 4.31. The predicted molar refractivity (Wildman–Crippen MR) is 114 cm³/mol. The second-order valence-electron chi connectivity index (χ2n) is 8.40. The van der Waals surface area contributed by atoms with Gasteiger partial charge in [-0.05, 0) is 45.1 Å². The molecular formula is C24H38O4. The summed E-state index contributed by atoms with van der Waals surface area (Å²) in [5, 5.41) is 0. The first-order valence-electron chi connectivity index (χ1n) is 10.4. The van der Waals surface area contributed by atoms with Crippen molar-refractivity contribution < 1.29 is 19.2 Å². The third kappa shape index (κ3) is 12.5. The van der Waals surface area contributed by atoms with Crippen LogP contribution in [0.15, 0.2) is 24.3 Å². The number of hydrogen-bond acceptors (Lipinski definition) is 4. The Bertz CT molecular complexity index is 581. The van der Waals surface area contributed by atoms with E-state index in [0.717, 1.165) is 24.8 Å². The number of Topliss-reactive ketones (excluding diaryl/α,β-unsaturated/α-hetero) is 3. The summed E-state index contributed by atoms with van der Waals surface area (Å²) >= 11 is 0. The molecule has 0 aromatic carbocycles. The highest BCUT2D eigenvalue weighted by Crippen LogP contribution is 2.19. The van der Waals surface area contributed by atoms with E-state index in [1.165, 1.54) is 6.08 Å². The molecule has 0 aromatic heterocycles. The third-order valence-electron chi connectivity index (χ3n) is 4.90. The van der Waals surface area contributed by atoms with E-state index in [1.54, 1.807) is 13.8 Å². The second-order valence-corrected chi connectivity index (χ2v) is 8.40. The molecule has 0 aliphatic rings. The van der Waals surface area contributed by atoms with Gasteiger partial charge < -0.3 is 0 Å². The fourth-order valence-corrected chi connectivity index (χ4v) is 3.09. The minimum absolute atomic E-state index is 0.0517. The van der Waals surface area contributed by atoms with Crippen molar-refractivity contribution in [1.82, 2.24) is 0 Å². The molecule has 28 heavy (non-hydrogen) atoms. The lowest BCUT2D eigenvalue weighted by molar-refractivity contribution is -0.131. The molecule has 3 atom stereocenters. The normalized spacial score (nSPS) is 13.9. The van der Waals surface area contributed by atoms with Crippen molar-refractivity contribution in [3.8, 4) is 0 Å². The van der Waals surface area contributed by atoms with Gasteiger partial charge in [0, 0.05) is 43.9 Å². The summed E-state index contributed by atoms with van der Waals surface area (Å²) in [4.78, 5) is 48.4. The van der Waals surface area contributed by atoms with Gasteiger partial charge in [0.1, 0.15) is 17.3 Å². The van der Waals surface area contributed by atoms with Gasteiger partial charge in [0.2, 0.25) is 0 Å². The highest BCUT2D eigenvalue weighted by molar-refractivity contribution is 5.95.